The number of ether oxygens (including phenoxy) is 2. The molecule has 0 spiro atoms. The summed E-state index contributed by atoms with van der Waals surface area (Å²) in [5.41, 5.74) is 1.60. The van der Waals surface area contributed by atoms with Gasteiger partial charge < -0.3 is 14.5 Å². The Hall–Kier alpha value is -2.41. The molecule has 0 bridgehead atoms. The Bertz CT molecular complexity index is 802. The van der Waals surface area contributed by atoms with E-state index in [1.54, 1.807) is 19.9 Å². The fraction of sp³-hybridized carbons (Fsp3) is 0.353. The number of methoxy groups -OCH3 is 1. The van der Waals surface area contributed by atoms with Crippen molar-refractivity contribution >= 4 is 29.1 Å². The molecule has 0 saturated heterocycles. The van der Waals surface area contributed by atoms with Crippen molar-refractivity contribution in [2.45, 2.75) is 33.8 Å². The van der Waals surface area contributed by atoms with Crippen LogP contribution in [0.3, 0.4) is 0 Å². The molecule has 6 nitrogen and oxygen atoms in total. The normalized spacial score (nSPS) is 11.9. The van der Waals surface area contributed by atoms with Gasteiger partial charge in [0.15, 0.2) is 6.10 Å². The van der Waals surface area contributed by atoms with Gasteiger partial charge in [0.05, 0.1) is 18.4 Å². The number of aromatic nitrogens is 1. The third kappa shape index (κ3) is 3.41. The molecule has 0 radical (unpaired) electrons. The number of rotatable bonds is 5. The molecular formula is C17H19NO5S. The lowest BCUT2D eigenvalue weighted by Crippen LogP contribution is -2.25. The predicted octanol–water partition coefficient (Wildman–Crippen LogP) is 3.22. The second kappa shape index (κ2) is 7.00. The van der Waals surface area contributed by atoms with Crippen LogP contribution in [0.5, 0.6) is 0 Å². The van der Waals surface area contributed by atoms with Crippen LogP contribution in [0.15, 0.2) is 12.1 Å². The molecule has 0 aliphatic heterocycles. The van der Waals surface area contributed by atoms with Gasteiger partial charge in [0, 0.05) is 10.6 Å². The number of hydrogen-bond donors (Lipinski definition) is 1. The molecule has 2 aromatic rings. The van der Waals surface area contributed by atoms with Gasteiger partial charge in [0.1, 0.15) is 4.88 Å². The van der Waals surface area contributed by atoms with Crippen LogP contribution in [0.4, 0.5) is 0 Å². The van der Waals surface area contributed by atoms with Crippen molar-refractivity contribution in [3.05, 3.63) is 44.4 Å². The highest BCUT2D eigenvalue weighted by molar-refractivity contribution is 7.13. The van der Waals surface area contributed by atoms with Crippen LogP contribution in [0, 0.1) is 20.8 Å². The summed E-state index contributed by atoms with van der Waals surface area (Å²) in [4.78, 5) is 40.7. The molecule has 1 N–H and O–H groups in total. The summed E-state index contributed by atoms with van der Waals surface area (Å²) in [5.74, 6) is -1.45. The Morgan fingerprint density at radius 3 is 2.33 bits per heavy atom. The summed E-state index contributed by atoms with van der Waals surface area (Å²) < 4.78 is 9.96. The van der Waals surface area contributed by atoms with Crippen molar-refractivity contribution in [2.75, 3.05) is 7.11 Å². The fourth-order valence-corrected chi connectivity index (χ4v) is 3.17. The molecule has 2 aromatic heterocycles. The van der Waals surface area contributed by atoms with Crippen LogP contribution in [0.25, 0.3) is 0 Å². The Morgan fingerprint density at radius 2 is 1.79 bits per heavy atom. The summed E-state index contributed by atoms with van der Waals surface area (Å²) in [5, 5.41) is 0. The van der Waals surface area contributed by atoms with Gasteiger partial charge in [0.25, 0.3) is 0 Å². The largest absolute Gasteiger partial charge is 0.465 e. The van der Waals surface area contributed by atoms with E-state index in [0.29, 0.717) is 21.7 Å². The highest BCUT2D eigenvalue weighted by atomic mass is 32.1. The van der Waals surface area contributed by atoms with E-state index in [1.165, 1.54) is 25.4 Å². The van der Waals surface area contributed by atoms with E-state index in [2.05, 4.69) is 4.98 Å². The van der Waals surface area contributed by atoms with Crippen molar-refractivity contribution in [2.24, 2.45) is 0 Å². The lowest BCUT2D eigenvalue weighted by atomic mass is 10.1. The number of H-pyrrole nitrogens is 1. The summed E-state index contributed by atoms with van der Waals surface area (Å²) in [6.45, 7) is 6.73. The van der Waals surface area contributed by atoms with Gasteiger partial charge in [-0.05, 0) is 45.4 Å². The number of hydrogen-bond acceptors (Lipinski definition) is 6. The molecule has 0 aliphatic carbocycles. The topological polar surface area (TPSA) is 85.5 Å². The van der Waals surface area contributed by atoms with Crippen molar-refractivity contribution < 1.29 is 23.9 Å². The standard InChI is InChI=1S/C17H19NO5S/c1-8-6-7-12(24-8)16(20)23-11(4)15(19)14-9(2)13(10(3)18-14)17(21)22-5/h6-7,11,18H,1-5H3/t11-/m1/s1. The molecule has 128 valence electrons. The van der Waals surface area contributed by atoms with Gasteiger partial charge in [-0.25, -0.2) is 9.59 Å². The minimum absolute atomic E-state index is 0.246. The number of nitrogens with one attached hydrogen (secondary N) is 1. The van der Waals surface area contributed by atoms with Crippen LogP contribution in [0.2, 0.25) is 0 Å². The van der Waals surface area contributed by atoms with Crippen molar-refractivity contribution in [1.29, 1.82) is 0 Å². The van der Waals surface area contributed by atoms with Crippen molar-refractivity contribution in [3.63, 3.8) is 0 Å². The number of esters is 2. The number of Topliss-reactive ketones (excluding diaryl/α,β-unsaturated/α-hetero) is 1. The number of thiophene rings is 1. The Balaban J connectivity index is 2.19. The van der Waals surface area contributed by atoms with E-state index < -0.39 is 23.8 Å². The fourth-order valence-electron chi connectivity index (χ4n) is 2.42. The first-order valence-electron chi connectivity index (χ1n) is 7.35. The highest BCUT2D eigenvalue weighted by Crippen LogP contribution is 2.22. The Morgan fingerprint density at radius 1 is 1.12 bits per heavy atom. The van der Waals surface area contributed by atoms with Crippen molar-refractivity contribution in [3.8, 4) is 0 Å². The maximum Gasteiger partial charge on any atom is 0.349 e. The molecule has 1 atom stereocenters. The van der Waals surface area contributed by atoms with Crippen LogP contribution in [-0.2, 0) is 9.47 Å². The lowest BCUT2D eigenvalue weighted by molar-refractivity contribution is 0.0321. The smallest absolute Gasteiger partial charge is 0.349 e. The summed E-state index contributed by atoms with van der Waals surface area (Å²) in [6.07, 6.45) is -0.970. The molecule has 0 fully saturated rings. The van der Waals surface area contributed by atoms with Gasteiger partial charge in [-0.15, -0.1) is 11.3 Å². The molecular weight excluding hydrogens is 330 g/mol. The third-order valence-electron chi connectivity index (χ3n) is 3.67. The van der Waals surface area contributed by atoms with Crippen LogP contribution >= 0.6 is 11.3 Å². The van der Waals surface area contributed by atoms with E-state index >= 15 is 0 Å². The lowest BCUT2D eigenvalue weighted by Gasteiger charge is -2.11. The van der Waals surface area contributed by atoms with E-state index in [9.17, 15) is 14.4 Å². The zero-order valence-corrected chi connectivity index (χ0v) is 15.0. The molecule has 24 heavy (non-hydrogen) atoms. The molecule has 0 aromatic carbocycles. The summed E-state index contributed by atoms with van der Waals surface area (Å²) >= 11 is 1.31. The average molecular weight is 349 g/mol. The zero-order chi connectivity index (χ0) is 18.0. The number of aryl methyl sites for hydroxylation is 2. The maximum atomic E-state index is 12.6. The maximum absolute atomic E-state index is 12.6. The quantitative estimate of drug-likeness (QED) is 0.662. The number of carbonyl (C=O) groups is 3. The molecule has 0 unspecified atom stereocenters. The Kier molecular flexibility index (Phi) is 5.23. The van der Waals surface area contributed by atoms with E-state index in [4.69, 9.17) is 9.47 Å². The van der Waals surface area contributed by atoms with Gasteiger partial charge in [-0.1, -0.05) is 0 Å². The van der Waals surface area contributed by atoms with Gasteiger partial charge in [0.2, 0.25) is 5.78 Å². The molecule has 0 aliphatic rings. The SMILES string of the molecule is COC(=O)c1c(C)[nH]c(C(=O)[C@@H](C)OC(=O)c2ccc(C)s2)c1C. The van der Waals surface area contributed by atoms with Gasteiger partial charge in [-0.3, -0.25) is 4.79 Å². The summed E-state index contributed by atoms with van der Waals surface area (Å²) in [7, 11) is 1.28. The van der Waals surface area contributed by atoms with Crippen LogP contribution in [0.1, 0.15) is 53.6 Å². The van der Waals surface area contributed by atoms with E-state index in [-0.39, 0.29) is 5.69 Å². The Labute approximate surface area is 143 Å². The summed E-state index contributed by atoms with van der Waals surface area (Å²) in [6, 6.07) is 3.48. The van der Waals surface area contributed by atoms with E-state index in [1.807, 2.05) is 13.0 Å². The second-order valence-electron chi connectivity index (χ2n) is 5.44. The van der Waals surface area contributed by atoms with E-state index in [0.717, 1.165) is 4.88 Å². The first kappa shape index (κ1) is 17.9. The molecule has 0 saturated carbocycles. The van der Waals surface area contributed by atoms with Crippen molar-refractivity contribution in [1.82, 2.24) is 4.98 Å². The molecule has 0 amide bonds. The minimum atomic E-state index is -0.970. The molecule has 2 rings (SSSR count). The first-order valence-corrected chi connectivity index (χ1v) is 8.17. The molecule has 2 heterocycles. The van der Waals surface area contributed by atoms with Crippen LogP contribution in [-0.4, -0.2) is 35.9 Å². The third-order valence-corrected chi connectivity index (χ3v) is 4.65. The molecule has 7 heteroatoms. The van der Waals surface area contributed by atoms with Gasteiger partial charge >= 0.3 is 11.9 Å². The number of carbonyl (C=O) groups excluding carboxylic acids is 3. The monoisotopic (exact) mass is 349 g/mol. The zero-order valence-electron chi connectivity index (χ0n) is 14.2. The van der Waals surface area contributed by atoms with Crippen LogP contribution < -0.4 is 0 Å². The predicted molar refractivity (Wildman–Crippen MR) is 89.9 cm³/mol. The van der Waals surface area contributed by atoms with Gasteiger partial charge in [-0.2, -0.15) is 0 Å². The highest BCUT2D eigenvalue weighted by Gasteiger charge is 2.27. The number of ketones is 1. The second-order valence-corrected chi connectivity index (χ2v) is 6.73. The number of aromatic amines is 1. The first-order chi connectivity index (χ1) is 11.3. The minimum Gasteiger partial charge on any atom is -0.465 e. The average Bonchev–Trinajstić information content (AvgIpc) is 3.09.